The van der Waals surface area contributed by atoms with E-state index in [0.29, 0.717) is 23.0 Å². The first kappa shape index (κ1) is 24.0. The molecular formula is C22H13ClF5N5O2. The number of para-hydroxylation sites is 1. The number of halogens is 6. The average Bonchev–Trinajstić information content (AvgIpc) is 3.27. The summed E-state index contributed by atoms with van der Waals surface area (Å²) in [4.78, 5) is 16.3. The molecule has 13 heteroatoms. The Labute approximate surface area is 198 Å². The topological polar surface area (TPSA) is 95.1 Å². The monoisotopic (exact) mass is 509 g/mol. The van der Waals surface area contributed by atoms with Crippen molar-refractivity contribution in [3.05, 3.63) is 88.8 Å². The first-order valence-electron chi connectivity index (χ1n) is 9.65. The van der Waals surface area contributed by atoms with Crippen LogP contribution in [0, 0.1) is 11.6 Å². The quantitative estimate of drug-likeness (QED) is 0.329. The highest BCUT2D eigenvalue weighted by Gasteiger charge is 2.40. The first-order chi connectivity index (χ1) is 16.6. The second-order valence-corrected chi connectivity index (χ2v) is 7.36. The van der Waals surface area contributed by atoms with Crippen LogP contribution in [-0.2, 0) is 6.18 Å². The third-order valence-corrected chi connectivity index (χ3v) is 5.03. The maximum atomic E-state index is 14.6. The van der Waals surface area contributed by atoms with Crippen LogP contribution < -0.4 is 15.8 Å². The molecule has 0 aliphatic rings. The minimum Gasteiger partial charge on any atom is -0.452 e. The van der Waals surface area contributed by atoms with Crippen molar-refractivity contribution in [1.82, 2.24) is 14.8 Å². The molecule has 0 aliphatic carbocycles. The Bertz CT molecular complexity index is 1410. The number of carbonyl (C=O) groups is 1. The normalized spacial score (nSPS) is 11.4. The molecule has 0 aliphatic heterocycles. The SMILES string of the molecule is Nc1nccc(Oc2cc(F)c(NC(=O)c3cnn(-c4ccccc4)c3C(F)(F)F)cc2F)c1Cl. The number of alkyl halides is 3. The summed E-state index contributed by atoms with van der Waals surface area (Å²) in [6.45, 7) is 0. The molecule has 0 radical (unpaired) electrons. The maximum absolute atomic E-state index is 14.6. The smallest absolute Gasteiger partial charge is 0.434 e. The van der Waals surface area contributed by atoms with Crippen LogP contribution in [0.3, 0.4) is 0 Å². The summed E-state index contributed by atoms with van der Waals surface area (Å²) in [5, 5.41) is 5.45. The van der Waals surface area contributed by atoms with E-state index in [2.05, 4.69) is 10.1 Å². The predicted octanol–water partition coefficient (Wildman–Crippen LogP) is 5.84. The number of nitrogen functional groups attached to an aromatic ring is 1. The number of rotatable bonds is 5. The van der Waals surface area contributed by atoms with E-state index in [9.17, 15) is 26.7 Å². The molecule has 4 rings (SSSR count). The van der Waals surface area contributed by atoms with E-state index in [1.165, 1.54) is 36.5 Å². The van der Waals surface area contributed by atoms with Crippen LogP contribution in [0.5, 0.6) is 11.5 Å². The molecule has 0 bridgehead atoms. The van der Waals surface area contributed by atoms with Gasteiger partial charge in [0.05, 0.1) is 23.1 Å². The molecule has 0 spiro atoms. The molecule has 35 heavy (non-hydrogen) atoms. The van der Waals surface area contributed by atoms with Gasteiger partial charge in [0, 0.05) is 24.4 Å². The molecule has 0 unspecified atom stereocenters. The summed E-state index contributed by atoms with van der Waals surface area (Å²) >= 11 is 5.92. The fraction of sp³-hybridized carbons (Fsp3) is 0.0455. The number of nitrogens with one attached hydrogen (secondary N) is 1. The van der Waals surface area contributed by atoms with Gasteiger partial charge in [0.25, 0.3) is 5.91 Å². The number of anilines is 2. The van der Waals surface area contributed by atoms with Crippen molar-refractivity contribution >= 4 is 29.0 Å². The number of ether oxygens (including phenoxy) is 1. The Kier molecular flexibility index (Phi) is 6.31. The highest BCUT2D eigenvalue weighted by molar-refractivity contribution is 6.34. The lowest BCUT2D eigenvalue weighted by molar-refractivity contribution is -0.143. The second-order valence-electron chi connectivity index (χ2n) is 6.98. The van der Waals surface area contributed by atoms with E-state index >= 15 is 0 Å². The summed E-state index contributed by atoms with van der Waals surface area (Å²) in [6.07, 6.45) is -3.06. The lowest BCUT2D eigenvalue weighted by Gasteiger charge is -2.14. The zero-order valence-electron chi connectivity index (χ0n) is 17.3. The van der Waals surface area contributed by atoms with Crippen LogP contribution in [0.4, 0.5) is 33.5 Å². The van der Waals surface area contributed by atoms with Gasteiger partial charge >= 0.3 is 6.18 Å². The number of hydrogen-bond acceptors (Lipinski definition) is 5. The van der Waals surface area contributed by atoms with Crippen LogP contribution in [-0.4, -0.2) is 20.7 Å². The summed E-state index contributed by atoms with van der Waals surface area (Å²) in [5.41, 5.74) is 2.59. The molecular weight excluding hydrogens is 497 g/mol. The minimum atomic E-state index is -4.98. The van der Waals surface area contributed by atoms with Crippen molar-refractivity contribution in [2.45, 2.75) is 6.18 Å². The summed E-state index contributed by atoms with van der Waals surface area (Å²) in [5.74, 6) is -4.50. The maximum Gasteiger partial charge on any atom is 0.434 e. The summed E-state index contributed by atoms with van der Waals surface area (Å²) < 4.78 is 76.3. The number of nitrogens with two attached hydrogens (primary N) is 1. The van der Waals surface area contributed by atoms with Crippen molar-refractivity contribution in [2.75, 3.05) is 11.1 Å². The van der Waals surface area contributed by atoms with Crippen LogP contribution >= 0.6 is 11.6 Å². The molecule has 0 atom stereocenters. The van der Waals surface area contributed by atoms with Gasteiger partial charge in [-0.15, -0.1) is 0 Å². The molecule has 2 aromatic carbocycles. The first-order valence-corrected chi connectivity index (χ1v) is 10.0. The van der Waals surface area contributed by atoms with E-state index in [4.69, 9.17) is 22.1 Å². The largest absolute Gasteiger partial charge is 0.452 e. The number of benzene rings is 2. The number of pyridine rings is 1. The third-order valence-electron chi connectivity index (χ3n) is 4.65. The minimum absolute atomic E-state index is 0.0491. The van der Waals surface area contributed by atoms with Crippen LogP contribution in [0.15, 0.2) is 60.9 Å². The van der Waals surface area contributed by atoms with Crippen molar-refractivity contribution < 1.29 is 31.5 Å². The Balaban J connectivity index is 1.64. The van der Waals surface area contributed by atoms with E-state index in [1.807, 2.05) is 5.32 Å². The van der Waals surface area contributed by atoms with Crippen LogP contribution in [0.25, 0.3) is 5.69 Å². The second kappa shape index (κ2) is 9.22. The van der Waals surface area contributed by atoms with Crippen LogP contribution in [0.2, 0.25) is 5.02 Å². The zero-order valence-corrected chi connectivity index (χ0v) is 18.0. The third kappa shape index (κ3) is 4.87. The highest BCUT2D eigenvalue weighted by Crippen LogP contribution is 2.36. The Hall–Kier alpha value is -4.19. The Morgan fingerprint density at radius 3 is 2.46 bits per heavy atom. The molecule has 7 nitrogen and oxygen atoms in total. The zero-order chi connectivity index (χ0) is 25.3. The predicted molar refractivity (Wildman–Crippen MR) is 117 cm³/mol. The van der Waals surface area contributed by atoms with E-state index in [0.717, 1.165) is 0 Å². The number of nitrogens with zero attached hydrogens (tertiary/aromatic N) is 3. The highest BCUT2D eigenvalue weighted by atomic mass is 35.5. The lowest BCUT2D eigenvalue weighted by Crippen LogP contribution is -2.21. The molecule has 0 saturated heterocycles. The Morgan fingerprint density at radius 1 is 1.06 bits per heavy atom. The molecule has 0 fully saturated rings. The van der Waals surface area contributed by atoms with Gasteiger partial charge in [-0.25, -0.2) is 18.4 Å². The fourth-order valence-electron chi connectivity index (χ4n) is 3.08. The molecule has 1 amide bonds. The van der Waals surface area contributed by atoms with Gasteiger partial charge < -0.3 is 15.8 Å². The number of hydrogen-bond donors (Lipinski definition) is 2. The van der Waals surface area contributed by atoms with Gasteiger partial charge in [0.2, 0.25) is 0 Å². The van der Waals surface area contributed by atoms with Crippen molar-refractivity contribution in [3.8, 4) is 17.2 Å². The van der Waals surface area contributed by atoms with E-state index in [1.54, 1.807) is 6.07 Å². The molecule has 4 aromatic rings. The van der Waals surface area contributed by atoms with Crippen molar-refractivity contribution in [1.29, 1.82) is 0 Å². The van der Waals surface area contributed by atoms with Gasteiger partial charge in [0.15, 0.2) is 28.8 Å². The van der Waals surface area contributed by atoms with Gasteiger partial charge in [-0.3, -0.25) is 4.79 Å². The molecule has 180 valence electrons. The van der Waals surface area contributed by atoms with E-state index < -0.39 is 46.4 Å². The van der Waals surface area contributed by atoms with Gasteiger partial charge in [0.1, 0.15) is 10.8 Å². The lowest BCUT2D eigenvalue weighted by atomic mass is 10.2. The molecule has 3 N–H and O–H groups in total. The molecule has 0 saturated carbocycles. The summed E-state index contributed by atoms with van der Waals surface area (Å²) in [6, 6.07) is 9.70. The fourth-order valence-corrected chi connectivity index (χ4v) is 3.23. The molecule has 2 heterocycles. The van der Waals surface area contributed by atoms with Gasteiger partial charge in [-0.2, -0.15) is 18.3 Å². The number of carbonyl (C=O) groups excluding carboxylic acids is 1. The summed E-state index contributed by atoms with van der Waals surface area (Å²) in [7, 11) is 0. The van der Waals surface area contributed by atoms with Crippen molar-refractivity contribution in [2.24, 2.45) is 0 Å². The average molecular weight is 510 g/mol. The number of aromatic nitrogens is 3. The Morgan fingerprint density at radius 2 is 1.77 bits per heavy atom. The van der Waals surface area contributed by atoms with Crippen LogP contribution in [0.1, 0.15) is 16.1 Å². The van der Waals surface area contributed by atoms with Gasteiger partial charge in [-0.1, -0.05) is 29.8 Å². The van der Waals surface area contributed by atoms with Crippen molar-refractivity contribution in [3.63, 3.8) is 0 Å². The van der Waals surface area contributed by atoms with Gasteiger partial charge in [-0.05, 0) is 12.1 Å². The van der Waals surface area contributed by atoms with E-state index in [-0.39, 0.29) is 22.3 Å². The molecule has 2 aromatic heterocycles. The number of amides is 1. The standard InChI is InChI=1S/C22H13ClF5N5O2/c23-18-16(6-7-30-20(18)29)35-17-9-13(24)15(8-14(17)25)32-21(34)12-10-31-33(19(12)22(26,27)28)11-4-2-1-3-5-11/h1-10H,(H2,29,30)(H,32,34).